The van der Waals surface area contributed by atoms with Crippen LogP contribution in [0, 0.1) is 19.8 Å². The van der Waals surface area contributed by atoms with E-state index in [0.29, 0.717) is 30.2 Å². The van der Waals surface area contributed by atoms with Crippen molar-refractivity contribution in [1.29, 1.82) is 0 Å². The summed E-state index contributed by atoms with van der Waals surface area (Å²) in [5, 5.41) is 0. The molecule has 2 aromatic heterocycles. The predicted molar refractivity (Wildman–Crippen MR) is 104 cm³/mol. The van der Waals surface area contributed by atoms with E-state index in [1.54, 1.807) is 33.3 Å². The second-order valence-corrected chi connectivity index (χ2v) is 7.50. The van der Waals surface area contributed by atoms with Gasteiger partial charge in [0.05, 0.1) is 11.9 Å². The molecule has 3 rings (SSSR count). The first-order valence-corrected chi connectivity index (χ1v) is 9.47. The van der Waals surface area contributed by atoms with E-state index in [4.69, 9.17) is 0 Å². The van der Waals surface area contributed by atoms with Crippen molar-refractivity contribution in [2.75, 3.05) is 27.2 Å². The summed E-state index contributed by atoms with van der Waals surface area (Å²) in [5.41, 5.74) is 2.41. The van der Waals surface area contributed by atoms with Crippen LogP contribution in [0.2, 0.25) is 0 Å². The zero-order valence-electron chi connectivity index (χ0n) is 16.8. The van der Waals surface area contributed by atoms with E-state index in [2.05, 4.69) is 19.9 Å². The van der Waals surface area contributed by atoms with Gasteiger partial charge >= 0.3 is 0 Å². The van der Waals surface area contributed by atoms with Crippen LogP contribution in [0.4, 0.5) is 0 Å². The molecule has 0 saturated carbocycles. The number of aryl methyl sites for hydroxylation is 2. The van der Waals surface area contributed by atoms with Crippen LogP contribution in [0.3, 0.4) is 0 Å². The van der Waals surface area contributed by atoms with Crippen molar-refractivity contribution in [2.45, 2.75) is 33.1 Å². The number of hydrogen-bond donors (Lipinski definition) is 0. The lowest BCUT2D eigenvalue weighted by molar-refractivity contribution is 0.0666. The quantitative estimate of drug-likeness (QED) is 0.799. The van der Waals surface area contributed by atoms with Gasteiger partial charge in [-0.05, 0) is 45.1 Å². The van der Waals surface area contributed by atoms with Gasteiger partial charge in [0, 0.05) is 39.1 Å². The number of likely N-dealkylation sites (tertiary alicyclic amines) is 1. The van der Waals surface area contributed by atoms with Crippen LogP contribution in [0.1, 0.15) is 51.0 Å². The molecule has 0 unspecified atom stereocenters. The van der Waals surface area contributed by atoms with Gasteiger partial charge in [-0.25, -0.2) is 15.0 Å². The molecule has 28 heavy (non-hydrogen) atoms. The Balaban J connectivity index is 1.70. The summed E-state index contributed by atoms with van der Waals surface area (Å²) in [7, 11) is 3.41. The lowest BCUT2D eigenvalue weighted by atomic mass is 9.93. The van der Waals surface area contributed by atoms with Crippen molar-refractivity contribution in [2.24, 2.45) is 5.92 Å². The minimum atomic E-state index is -0.134. The molecule has 2 aromatic rings. The van der Waals surface area contributed by atoms with E-state index in [1.165, 1.54) is 11.1 Å². The van der Waals surface area contributed by atoms with Crippen LogP contribution in [-0.2, 0) is 6.42 Å². The molecular weight excluding hydrogens is 356 g/mol. The Kier molecular flexibility index (Phi) is 5.96. The van der Waals surface area contributed by atoms with E-state index in [0.717, 1.165) is 30.8 Å². The predicted octanol–water partition coefficient (Wildman–Crippen LogP) is 1.68. The topological polar surface area (TPSA) is 92.2 Å². The standard InChI is InChI=1S/C20H26N6O2/c1-13-10-22-18(11-21-13)20(28)26-7-5-6-15(12-26)8-16-9-17(19(27)25(3)4)24-14(2)23-16/h9-11,15H,5-8,12H2,1-4H3/t15-/m0/s1. The summed E-state index contributed by atoms with van der Waals surface area (Å²) < 4.78 is 0. The number of carbonyl (C=O) groups is 2. The summed E-state index contributed by atoms with van der Waals surface area (Å²) in [4.78, 5) is 45.4. The Hall–Kier alpha value is -2.90. The molecule has 0 spiro atoms. The maximum absolute atomic E-state index is 12.7. The van der Waals surface area contributed by atoms with E-state index >= 15 is 0 Å². The Morgan fingerprint density at radius 3 is 2.61 bits per heavy atom. The molecule has 1 atom stereocenters. The number of amides is 2. The van der Waals surface area contributed by atoms with E-state index < -0.39 is 0 Å². The fourth-order valence-electron chi connectivity index (χ4n) is 3.45. The molecule has 0 bridgehead atoms. The molecule has 1 saturated heterocycles. The summed E-state index contributed by atoms with van der Waals surface area (Å²) in [6.45, 7) is 5.01. The van der Waals surface area contributed by atoms with Gasteiger partial charge in [-0.1, -0.05) is 0 Å². The molecule has 2 amide bonds. The van der Waals surface area contributed by atoms with Gasteiger partial charge in [-0.15, -0.1) is 0 Å². The molecule has 8 heteroatoms. The van der Waals surface area contributed by atoms with Gasteiger partial charge in [0.2, 0.25) is 0 Å². The molecule has 1 fully saturated rings. The Labute approximate surface area is 165 Å². The van der Waals surface area contributed by atoms with Crippen LogP contribution in [0.15, 0.2) is 18.5 Å². The Bertz CT molecular complexity index is 865. The Morgan fingerprint density at radius 2 is 1.93 bits per heavy atom. The van der Waals surface area contributed by atoms with Crippen molar-refractivity contribution in [3.63, 3.8) is 0 Å². The molecule has 148 valence electrons. The van der Waals surface area contributed by atoms with Gasteiger partial charge in [0.25, 0.3) is 11.8 Å². The van der Waals surface area contributed by atoms with E-state index in [9.17, 15) is 9.59 Å². The molecule has 1 aliphatic heterocycles. The maximum atomic E-state index is 12.7. The SMILES string of the molecule is Cc1cnc(C(=O)N2CCC[C@@H](Cc3cc(C(=O)N(C)C)nc(C)n3)C2)cn1. The molecule has 1 aliphatic rings. The number of carbonyl (C=O) groups excluding carboxylic acids is 2. The molecule has 3 heterocycles. The first kappa shape index (κ1) is 19.9. The third kappa shape index (κ3) is 4.68. The van der Waals surface area contributed by atoms with Crippen LogP contribution < -0.4 is 0 Å². The monoisotopic (exact) mass is 382 g/mol. The molecule has 0 radical (unpaired) electrons. The first-order chi connectivity index (χ1) is 13.3. The minimum absolute atomic E-state index is 0.0838. The smallest absolute Gasteiger partial charge is 0.274 e. The van der Waals surface area contributed by atoms with Crippen molar-refractivity contribution in [3.05, 3.63) is 47.1 Å². The average Bonchev–Trinajstić information content (AvgIpc) is 2.67. The van der Waals surface area contributed by atoms with Crippen LogP contribution >= 0.6 is 0 Å². The van der Waals surface area contributed by atoms with Gasteiger partial charge in [0.1, 0.15) is 17.2 Å². The molecular formula is C20H26N6O2. The van der Waals surface area contributed by atoms with Crippen molar-refractivity contribution in [3.8, 4) is 0 Å². The molecule has 0 N–H and O–H groups in total. The second kappa shape index (κ2) is 8.41. The average molecular weight is 382 g/mol. The highest BCUT2D eigenvalue weighted by atomic mass is 16.2. The van der Waals surface area contributed by atoms with Crippen molar-refractivity contribution >= 4 is 11.8 Å². The lowest BCUT2D eigenvalue weighted by Crippen LogP contribution is -2.41. The normalized spacial score (nSPS) is 16.7. The minimum Gasteiger partial charge on any atom is -0.343 e. The van der Waals surface area contributed by atoms with Crippen LogP contribution in [-0.4, -0.2) is 68.7 Å². The first-order valence-electron chi connectivity index (χ1n) is 9.47. The van der Waals surface area contributed by atoms with Crippen molar-refractivity contribution in [1.82, 2.24) is 29.7 Å². The summed E-state index contributed by atoms with van der Waals surface area (Å²) in [6, 6.07) is 1.77. The maximum Gasteiger partial charge on any atom is 0.274 e. The largest absolute Gasteiger partial charge is 0.343 e. The summed E-state index contributed by atoms with van der Waals surface area (Å²) in [5.74, 6) is 0.652. The summed E-state index contributed by atoms with van der Waals surface area (Å²) in [6.07, 6.45) is 5.81. The molecule has 0 aliphatic carbocycles. The van der Waals surface area contributed by atoms with Crippen LogP contribution in [0.25, 0.3) is 0 Å². The third-order valence-corrected chi connectivity index (χ3v) is 4.82. The fourth-order valence-corrected chi connectivity index (χ4v) is 3.45. The molecule has 8 nitrogen and oxygen atoms in total. The number of aromatic nitrogens is 4. The van der Waals surface area contributed by atoms with Gasteiger partial charge < -0.3 is 9.80 Å². The number of hydrogen-bond acceptors (Lipinski definition) is 6. The zero-order chi connectivity index (χ0) is 20.3. The summed E-state index contributed by atoms with van der Waals surface area (Å²) >= 11 is 0. The highest BCUT2D eigenvalue weighted by molar-refractivity contribution is 5.92. The van der Waals surface area contributed by atoms with E-state index in [-0.39, 0.29) is 17.7 Å². The fraction of sp³-hybridized carbons (Fsp3) is 0.500. The molecule has 0 aromatic carbocycles. The van der Waals surface area contributed by atoms with E-state index in [1.807, 2.05) is 11.8 Å². The second-order valence-electron chi connectivity index (χ2n) is 7.50. The van der Waals surface area contributed by atoms with Gasteiger partial charge in [-0.2, -0.15) is 0 Å². The highest BCUT2D eigenvalue weighted by Gasteiger charge is 2.26. The Morgan fingerprint density at radius 1 is 1.14 bits per heavy atom. The number of nitrogens with zero attached hydrogens (tertiary/aromatic N) is 6. The van der Waals surface area contributed by atoms with Crippen LogP contribution in [0.5, 0.6) is 0 Å². The van der Waals surface area contributed by atoms with Gasteiger partial charge in [-0.3, -0.25) is 14.6 Å². The highest BCUT2D eigenvalue weighted by Crippen LogP contribution is 2.22. The number of piperidine rings is 1. The number of rotatable bonds is 4. The lowest BCUT2D eigenvalue weighted by Gasteiger charge is -2.32. The zero-order valence-corrected chi connectivity index (χ0v) is 16.8. The van der Waals surface area contributed by atoms with Crippen molar-refractivity contribution < 1.29 is 9.59 Å². The third-order valence-electron chi connectivity index (χ3n) is 4.82. The van der Waals surface area contributed by atoms with Gasteiger partial charge in [0.15, 0.2) is 0 Å².